The first kappa shape index (κ1) is 20.7. The molecule has 160 valence electrons. The summed E-state index contributed by atoms with van der Waals surface area (Å²) in [7, 11) is 0. The van der Waals surface area contributed by atoms with Crippen molar-refractivity contribution in [1.82, 2.24) is 4.98 Å². The number of para-hydroxylation sites is 1. The molecule has 0 aliphatic carbocycles. The van der Waals surface area contributed by atoms with E-state index in [2.05, 4.69) is 10.3 Å². The minimum Gasteiger partial charge on any atom is -0.489 e. The van der Waals surface area contributed by atoms with E-state index in [1.165, 1.54) is 12.1 Å². The van der Waals surface area contributed by atoms with Gasteiger partial charge >= 0.3 is 6.18 Å². The molecule has 0 fully saturated rings. The van der Waals surface area contributed by atoms with Crippen LogP contribution >= 0.6 is 0 Å². The molecular formula is C22H18F3N3O3. The number of aliphatic hydroxyl groups is 1. The molecule has 0 bridgehead atoms. The van der Waals surface area contributed by atoms with Crippen LogP contribution in [-0.2, 0) is 12.8 Å². The van der Waals surface area contributed by atoms with Crippen LogP contribution in [0, 0.1) is 0 Å². The molecule has 0 unspecified atom stereocenters. The van der Waals surface area contributed by atoms with E-state index in [1.807, 2.05) is 4.90 Å². The number of nitrogens with zero attached hydrogens (tertiary/aromatic N) is 2. The molecule has 2 heterocycles. The molecule has 0 atom stereocenters. The molecule has 1 aliphatic heterocycles. The van der Waals surface area contributed by atoms with Crippen molar-refractivity contribution in [3.8, 4) is 5.75 Å². The van der Waals surface area contributed by atoms with Crippen LogP contribution in [-0.4, -0.2) is 29.1 Å². The van der Waals surface area contributed by atoms with Gasteiger partial charge in [0.15, 0.2) is 5.75 Å². The van der Waals surface area contributed by atoms with Crippen molar-refractivity contribution in [2.75, 3.05) is 23.4 Å². The zero-order valence-electron chi connectivity index (χ0n) is 16.2. The Morgan fingerprint density at radius 3 is 2.55 bits per heavy atom. The molecule has 0 saturated heterocycles. The van der Waals surface area contributed by atoms with Crippen LogP contribution in [0.4, 0.5) is 30.4 Å². The van der Waals surface area contributed by atoms with Gasteiger partial charge in [0.1, 0.15) is 12.4 Å². The number of fused-ring (bicyclic) bond motifs is 1. The normalized spacial score (nSPS) is 13.4. The van der Waals surface area contributed by atoms with Crippen LogP contribution < -0.4 is 15.0 Å². The fraction of sp³-hybridized carbons (Fsp3) is 0.182. The van der Waals surface area contributed by atoms with Crippen LogP contribution in [0.5, 0.6) is 5.75 Å². The first-order chi connectivity index (χ1) is 14.9. The molecule has 9 heteroatoms. The maximum atomic E-state index is 12.8. The lowest BCUT2D eigenvalue weighted by atomic mass is 10.1. The number of carbonyl (C=O) groups excluding carboxylic acids is 1. The fourth-order valence-corrected chi connectivity index (χ4v) is 3.31. The van der Waals surface area contributed by atoms with Crippen LogP contribution in [0.3, 0.4) is 0 Å². The zero-order chi connectivity index (χ0) is 22.0. The number of pyridine rings is 1. The number of benzene rings is 2. The Labute approximate surface area is 175 Å². The maximum absolute atomic E-state index is 12.8. The van der Waals surface area contributed by atoms with E-state index < -0.39 is 17.6 Å². The highest BCUT2D eigenvalue weighted by Gasteiger charge is 2.30. The third-order valence-corrected chi connectivity index (χ3v) is 4.79. The molecule has 1 amide bonds. The summed E-state index contributed by atoms with van der Waals surface area (Å²) in [6, 6.07) is 14.6. The topological polar surface area (TPSA) is 74.7 Å². The molecule has 6 nitrogen and oxygen atoms in total. The van der Waals surface area contributed by atoms with Gasteiger partial charge in [-0.15, -0.1) is 0 Å². The third kappa shape index (κ3) is 4.31. The smallest absolute Gasteiger partial charge is 0.416 e. The predicted molar refractivity (Wildman–Crippen MR) is 109 cm³/mol. The minimum atomic E-state index is -4.44. The van der Waals surface area contributed by atoms with Gasteiger partial charge in [-0.25, -0.2) is 4.98 Å². The van der Waals surface area contributed by atoms with Crippen molar-refractivity contribution >= 4 is 23.1 Å². The number of aliphatic hydroxyl groups excluding tert-OH is 1. The number of hydrogen-bond donors (Lipinski definition) is 2. The number of anilines is 3. The zero-order valence-corrected chi connectivity index (χ0v) is 16.2. The average molecular weight is 429 g/mol. The number of rotatable bonds is 4. The molecule has 1 aliphatic rings. The summed E-state index contributed by atoms with van der Waals surface area (Å²) >= 11 is 0. The van der Waals surface area contributed by atoms with E-state index in [0.29, 0.717) is 36.1 Å². The van der Waals surface area contributed by atoms with Crippen LogP contribution in [0.15, 0.2) is 60.7 Å². The van der Waals surface area contributed by atoms with E-state index >= 15 is 0 Å². The Balaban J connectivity index is 1.61. The highest BCUT2D eigenvalue weighted by molar-refractivity contribution is 6.07. The van der Waals surface area contributed by atoms with Gasteiger partial charge in [0.2, 0.25) is 0 Å². The third-order valence-electron chi connectivity index (χ3n) is 4.79. The van der Waals surface area contributed by atoms with Crippen LogP contribution in [0.25, 0.3) is 0 Å². The summed E-state index contributed by atoms with van der Waals surface area (Å²) in [5.41, 5.74) is 0.843. The Morgan fingerprint density at radius 1 is 1.10 bits per heavy atom. The highest BCUT2D eigenvalue weighted by Crippen LogP contribution is 2.39. The molecule has 1 aromatic heterocycles. The summed E-state index contributed by atoms with van der Waals surface area (Å²) in [6.45, 7) is 0.613. The van der Waals surface area contributed by atoms with Crippen molar-refractivity contribution in [3.63, 3.8) is 0 Å². The van der Waals surface area contributed by atoms with E-state index in [1.54, 1.807) is 36.4 Å². The van der Waals surface area contributed by atoms with Crippen molar-refractivity contribution in [3.05, 3.63) is 77.5 Å². The van der Waals surface area contributed by atoms with E-state index in [9.17, 15) is 23.1 Å². The molecule has 31 heavy (non-hydrogen) atoms. The number of carbonyl (C=O) groups is 1. The van der Waals surface area contributed by atoms with E-state index in [0.717, 1.165) is 12.1 Å². The largest absolute Gasteiger partial charge is 0.489 e. The van der Waals surface area contributed by atoms with Crippen LogP contribution in [0.1, 0.15) is 21.6 Å². The minimum absolute atomic E-state index is 0.194. The van der Waals surface area contributed by atoms with Gasteiger partial charge in [-0.2, -0.15) is 13.2 Å². The quantitative estimate of drug-likeness (QED) is 0.644. The number of nitrogens with one attached hydrogen (secondary N) is 1. The monoisotopic (exact) mass is 429 g/mol. The lowest BCUT2D eigenvalue weighted by molar-refractivity contribution is -0.137. The van der Waals surface area contributed by atoms with Gasteiger partial charge in [0, 0.05) is 5.69 Å². The summed E-state index contributed by atoms with van der Waals surface area (Å²) < 4.78 is 44.0. The molecule has 2 aromatic carbocycles. The average Bonchev–Trinajstić information content (AvgIpc) is 2.78. The summed E-state index contributed by atoms with van der Waals surface area (Å²) in [5, 5.41) is 12.0. The molecule has 0 radical (unpaired) electrons. The van der Waals surface area contributed by atoms with Crippen molar-refractivity contribution in [1.29, 1.82) is 0 Å². The predicted octanol–water partition coefficient (Wildman–Crippen LogP) is 4.38. The Hall–Kier alpha value is -3.59. The van der Waals surface area contributed by atoms with Gasteiger partial charge in [-0.3, -0.25) is 4.79 Å². The van der Waals surface area contributed by atoms with E-state index in [-0.39, 0.29) is 17.9 Å². The number of amides is 1. The second kappa shape index (κ2) is 8.27. The first-order valence-corrected chi connectivity index (χ1v) is 9.45. The van der Waals surface area contributed by atoms with E-state index in [4.69, 9.17) is 4.74 Å². The van der Waals surface area contributed by atoms with Crippen LogP contribution in [0.2, 0.25) is 0 Å². The summed E-state index contributed by atoms with van der Waals surface area (Å²) in [5.74, 6) is 0.460. The molecule has 3 aromatic rings. The molecule has 0 saturated carbocycles. The lowest BCUT2D eigenvalue weighted by Crippen LogP contribution is -2.30. The number of hydrogen-bond acceptors (Lipinski definition) is 5. The number of halogens is 3. The summed E-state index contributed by atoms with van der Waals surface area (Å²) in [6.07, 6.45) is -4.44. The Morgan fingerprint density at radius 2 is 1.84 bits per heavy atom. The first-order valence-electron chi connectivity index (χ1n) is 9.45. The number of aromatic nitrogens is 1. The highest BCUT2D eigenvalue weighted by atomic mass is 19.4. The second-order valence-corrected chi connectivity index (χ2v) is 6.83. The fourth-order valence-electron chi connectivity index (χ4n) is 3.31. The van der Waals surface area contributed by atoms with Crippen molar-refractivity contribution < 1.29 is 27.8 Å². The van der Waals surface area contributed by atoms with Crippen molar-refractivity contribution in [2.24, 2.45) is 0 Å². The number of alkyl halides is 3. The summed E-state index contributed by atoms with van der Waals surface area (Å²) in [4.78, 5) is 19.1. The van der Waals surface area contributed by atoms with Gasteiger partial charge in [-0.05, 0) is 48.5 Å². The standard InChI is InChI=1S/C22H18F3N3O3/c23-22(24,25)14-7-9-15(10-8-14)27-21(30)17-4-2-5-18-20(17)31-12-11-28(18)19-6-1-3-16(13-29)26-19/h1-10,29H,11-13H2,(H,27,30). The molecule has 0 spiro atoms. The molecular weight excluding hydrogens is 411 g/mol. The number of ether oxygens (including phenoxy) is 1. The second-order valence-electron chi connectivity index (χ2n) is 6.83. The van der Waals surface area contributed by atoms with Gasteiger partial charge in [0.05, 0.1) is 35.7 Å². The maximum Gasteiger partial charge on any atom is 0.416 e. The van der Waals surface area contributed by atoms with Gasteiger partial charge in [0.25, 0.3) is 5.91 Å². The Bertz CT molecular complexity index is 1100. The SMILES string of the molecule is O=C(Nc1ccc(C(F)(F)F)cc1)c1cccc2c1OCCN2c1cccc(CO)n1. The van der Waals surface area contributed by atoms with Gasteiger partial charge < -0.3 is 20.1 Å². The lowest BCUT2D eigenvalue weighted by Gasteiger charge is -2.31. The molecule has 4 rings (SSSR count). The Kier molecular flexibility index (Phi) is 5.51. The van der Waals surface area contributed by atoms with Crippen molar-refractivity contribution in [2.45, 2.75) is 12.8 Å². The molecule has 2 N–H and O–H groups in total. The van der Waals surface area contributed by atoms with Gasteiger partial charge in [-0.1, -0.05) is 12.1 Å².